The minimum atomic E-state index is -0.294. The second-order valence-corrected chi connectivity index (χ2v) is 6.17. The highest BCUT2D eigenvalue weighted by molar-refractivity contribution is 5.91. The molecule has 0 unspecified atom stereocenters. The van der Waals surface area contributed by atoms with Gasteiger partial charge in [0.1, 0.15) is 0 Å². The van der Waals surface area contributed by atoms with Crippen LogP contribution in [0.25, 0.3) is 0 Å². The van der Waals surface area contributed by atoms with Gasteiger partial charge in [-0.15, -0.1) is 0 Å². The number of nitrogens with zero attached hydrogens (tertiary/aromatic N) is 1. The Labute approximate surface area is 142 Å². The number of para-hydroxylation sites is 1. The summed E-state index contributed by atoms with van der Waals surface area (Å²) in [4.78, 5) is 24.0. The Kier molecular flexibility index (Phi) is 6.18. The van der Waals surface area contributed by atoms with Gasteiger partial charge in [0.05, 0.1) is 5.69 Å². The highest BCUT2D eigenvalue weighted by Gasteiger charge is 2.11. The van der Waals surface area contributed by atoms with E-state index < -0.39 is 0 Å². The van der Waals surface area contributed by atoms with Crippen LogP contribution in [-0.2, 0) is 11.3 Å². The summed E-state index contributed by atoms with van der Waals surface area (Å²) in [6.45, 7) is 6.77. The number of hydrogen-bond acceptors (Lipinski definition) is 3. The molecule has 5 nitrogen and oxygen atoms in total. The molecule has 1 N–H and O–H groups in total. The first-order valence-corrected chi connectivity index (χ1v) is 8.15. The van der Waals surface area contributed by atoms with Gasteiger partial charge in [0, 0.05) is 24.5 Å². The highest BCUT2D eigenvalue weighted by atomic mass is 16.5. The molecule has 0 aliphatic carbocycles. The van der Waals surface area contributed by atoms with Crippen molar-refractivity contribution in [3.05, 3.63) is 58.5 Å². The van der Waals surface area contributed by atoms with Crippen LogP contribution < -0.4 is 15.5 Å². The Morgan fingerprint density at radius 1 is 1.21 bits per heavy atom. The van der Waals surface area contributed by atoms with Crippen LogP contribution in [0.2, 0.25) is 0 Å². The fourth-order valence-corrected chi connectivity index (χ4v) is 2.33. The fourth-order valence-electron chi connectivity index (χ4n) is 2.33. The van der Waals surface area contributed by atoms with E-state index in [0.29, 0.717) is 11.6 Å². The predicted molar refractivity (Wildman–Crippen MR) is 95.5 cm³/mol. The number of rotatable bonds is 7. The van der Waals surface area contributed by atoms with Gasteiger partial charge in [-0.3, -0.25) is 9.59 Å². The lowest BCUT2D eigenvalue weighted by Crippen LogP contribution is -2.23. The summed E-state index contributed by atoms with van der Waals surface area (Å²) < 4.78 is 7.50. The third-order valence-corrected chi connectivity index (χ3v) is 3.74. The van der Waals surface area contributed by atoms with Crippen LogP contribution in [0.3, 0.4) is 0 Å². The summed E-state index contributed by atoms with van der Waals surface area (Å²) in [6, 6.07) is 10.6. The number of pyridine rings is 1. The zero-order valence-corrected chi connectivity index (χ0v) is 14.4. The zero-order valence-electron chi connectivity index (χ0n) is 14.4. The minimum Gasteiger partial charge on any atom is -0.478 e. The summed E-state index contributed by atoms with van der Waals surface area (Å²) in [5.41, 5.74) is 1.24. The molecule has 1 amide bonds. The van der Waals surface area contributed by atoms with Crippen LogP contribution >= 0.6 is 0 Å². The topological polar surface area (TPSA) is 60.3 Å². The van der Waals surface area contributed by atoms with E-state index in [1.54, 1.807) is 18.3 Å². The van der Waals surface area contributed by atoms with Gasteiger partial charge in [-0.05, 0) is 31.4 Å². The molecule has 0 spiro atoms. The smallest absolute Gasteiger partial charge is 0.262 e. The molecule has 1 aromatic carbocycles. The van der Waals surface area contributed by atoms with Crippen LogP contribution in [0.15, 0.2) is 47.4 Å². The SMILES string of the molecule is Cc1c(OCC(=O)Nc2ccccc2)c(=O)ccn1CCC(C)C. The van der Waals surface area contributed by atoms with Crippen molar-refractivity contribution < 1.29 is 9.53 Å². The molecule has 1 heterocycles. The number of anilines is 1. The quantitative estimate of drug-likeness (QED) is 0.849. The number of aromatic nitrogens is 1. The third-order valence-electron chi connectivity index (χ3n) is 3.74. The van der Waals surface area contributed by atoms with E-state index in [-0.39, 0.29) is 23.7 Å². The van der Waals surface area contributed by atoms with Gasteiger partial charge in [0.2, 0.25) is 5.43 Å². The largest absolute Gasteiger partial charge is 0.478 e. The number of carbonyl (C=O) groups excluding carboxylic acids is 1. The first kappa shape index (κ1) is 17.8. The van der Waals surface area contributed by atoms with Crippen LogP contribution in [0.1, 0.15) is 26.0 Å². The van der Waals surface area contributed by atoms with E-state index in [1.807, 2.05) is 29.7 Å². The van der Waals surface area contributed by atoms with Gasteiger partial charge in [0.25, 0.3) is 5.91 Å². The monoisotopic (exact) mass is 328 g/mol. The van der Waals surface area contributed by atoms with Gasteiger partial charge in [-0.2, -0.15) is 0 Å². The second kappa shape index (κ2) is 8.34. The molecule has 24 heavy (non-hydrogen) atoms. The van der Waals surface area contributed by atoms with Crippen molar-refractivity contribution in [3.8, 4) is 5.75 Å². The maximum absolute atomic E-state index is 12.0. The molecule has 2 rings (SSSR count). The average molecular weight is 328 g/mol. The van der Waals surface area contributed by atoms with Crippen molar-refractivity contribution in [3.63, 3.8) is 0 Å². The van der Waals surface area contributed by atoms with E-state index in [1.165, 1.54) is 6.07 Å². The molecule has 0 bridgehead atoms. The summed E-state index contributed by atoms with van der Waals surface area (Å²) in [6.07, 6.45) is 2.79. The van der Waals surface area contributed by atoms with E-state index in [9.17, 15) is 9.59 Å². The summed E-state index contributed by atoms with van der Waals surface area (Å²) in [5.74, 6) is 0.520. The lowest BCUT2D eigenvalue weighted by atomic mass is 10.1. The van der Waals surface area contributed by atoms with Crippen LogP contribution in [0.4, 0.5) is 5.69 Å². The molecule has 0 fully saturated rings. The number of amides is 1. The Morgan fingerprint density at radius 2 is 1.92 bits per heavy atom. The number of nitrogens with one attached hydrogen (secondary N) is 1. The number of ether oxygens (including phenoxy) is 1. The molecule has 0 aliphatic rings. The van der Waals surface area contributed by atoms with E-state index in [0.717, 1.165) is 18.7 Å². The Bertz CT molecular complexity index is 736. The van der Waals surface area contributed by atoms with Gasteiger partial charge in [-0.25, -0.2) is 0 Å². The molecular formula is C19H24N2O3. The molecule has 0 radical (unpaired) electrons. The predicted octanol–water partition coefficient (Wildman–Crippen LogP) is 3.22. The van der Waals surface area contributed by atoms with Crippen LogP contribution in [0.5, 0.6) is 5.75 Å². The third kappa shape index (κ3) is 4.98. The highest BCUT2D eigenvalue weighted by Crippen LogP contribution is 2.14. The summed E-state index contributed by atoms with van der Waals surface area (Å²) in [5, 5.41) is 2.73. The number of aryl methyl sites for hydroxylation is 1. The number of benzene rings is 1. The van der Waals surface area contributed by atoms with Crippen molar-refractivity contribution in [2.45, 2.75) is 33.7 Å². The molecule has 5 heteroatoms. The van der Waals surface area contributed by atoms with Gasteiger partial charge in [-0.1, -0.05) is 32.0 Å². The van der Waals surface area contributed by atoms with E-state index in [2.05, 4.69) is 19.2 Å². The Hall–Kier alpha value is -2.56. The average Bonchev–Trinajstić information content (AvgIpc) is 2.54. The summed E-state index contributed by atoms with van der Waals surface area (Å²) in [7, 11) is 0. The molecule has 0 saturated heterocycles. The first-order chi connectivity index (χ1) is 11.5. The van der Waals surface area contributed by atoms with Crippen molar-refractivity contribution in [2.75, 3.05) is 11.9 Å². The van der Waals surface area contributed by atoms with Gasteiger partial charge < -0.3 is 14.6 Å². The van der Waals surface area contributed by atoms with Crippen LogP contribution in [-0.4, -0.2) is 17.1 Å². The normalized spacial score (nSPS) is 10.7. The maximum Gasteiger partial charge on any atom is 0.262 e. The molecule has 128 valence electrons. The van der Waals surface area contributed by atoms with Crippen LogP contribution in [0, 0.1) is 12.8 Å². The fraction of sp³-hybridized carbons (Fsp3) is 0.368. The maximum atomic E-state index is 12.0. The Morgan fingerprint density at radius 3 is 2.58 bits per heavy atom. The van der Waals surface area contributed by atoms with E-state index in [4.69, 9.17) is 4.74 Å². The van der Waals surface area contributed by atoms with Crippen molar-refractivity contribution >= 4 is 11.6 Å². The number of hydrogen-bond donors (Lipinski definition) is 1. The van der Waals surface area contributed by atoms with Crippen molar-refractivity contribution in [1.82, 2.24) is 4.57 Å². The van der Waals surface area contributed by atoms with Crippen molar-refractivity contribution in [2.24, 2.45) is 5.92 Å². The number of carbonyl (C=O) groups is 1. The molecule has 2 aromatic rings. The van der Waals surface area contributed by atoms with E-state index >= 15 is 0 Å². The van der Waals surface area contributed by atoms with Crippen molar-refractivity contribution in [1.29, 1.82) is 0 Å². The molecule has 1 aromatic heterocycles. The Balaban J connectivity index is 2.02. The minimum absolute atomic E-state index is 0.195. The zero-order chi connectivity index (χ0) is 17.5. The molecule has 0 aliphatic heterocycles. The lowest BCUT2D eigenvalue weighted by Gasteiger charge is -2.15. The first-order valence-electron chi connectivity index (χ1n) is 8.15. The molecule has 0 saturated carbocycles. The lowest BCUT2D eigenvalue weighted by molar-refractivity contribution is -0.118. The summed E-state index contributed by atoms with van der Waals surface area (Å²) >= 11 is 0. The van der Waals surface area contributed by atoms with Gasteiger partial charge >= 0.3 is 0 Å². The molecule has 0 atom stereocenters. The molecular weight excluding hydrogens is 304 g/mol. The second-order valence-electron chi connectivity index (χ2n) is 6.17. The standard InChI is InChI=1S/C19H24N2O3/c1-14(2)9-11-21-12-10-17(22)19(15(21)3)24-13-18(23)20-16-7-5-4-6-8-16/h4-8,10,12,14H,9,11,13H2,1-3H3,(H,20,23). The van der Waals surface area contributed by atoms with Gasteiger partial charge in [0.15, 0.2) is 12.4 Å².